The van der Waals surface area contributed by atoms with E-state index < -0.39 is 0 Å². The molecule has 1 atom stereocenters. The number of ether oxygens (including phenoxy) is 1. The van der Waals surface area contributed by atoms with Gasteiger partial charge in [-0.2, -0.15) is 0 Å². The lowest BCUT2D eigenvalue weighted by Gasteiger charge is -2.05. The molecule has 5 nitrogen and oxygen atoms in total. The Balaban J connectivity index is 1.40. The monoisotopic (exact) mass is 347 g/mol. The number of aromatic nitrogens is 2. The zero-order valence-electron chi connectivity index (χ0n) is 12.7. The topological polar surface area (TPSA) is 55.6 Å². The van der Waals surface area contributed by atoms with Gasteiger partial charge in [0.05, 0.1) is 23.2 Å². The highest BCUT2D eigenvalue weighted by atomic mass is 32.1. The first-order valence-electron chi connectivity index (χ1n) is 7.62. The number of hydrogen-bond acceptors (Lipinski definition) is 5. The van der Waals surface area contributed by atoms with Crippen molar-refractivity contribution in [3.05, 3.63) is 44.9 Å². The van der Waals surface area contributed by atoms with E-state index in [0.29, 0.717) is 6.54 Å². The van der Waals surface area contributed by atoms with E-state index in [1.54, 1.807) is 11.3 Å². The molecule has 1 amide bonds. The van der Waals surface area contributed by atoms with Gasteiger partial charge >= 0.3 is 0 Å². The Labute approximate surface area is 141 Å². The molecule has 3 aromatic heterocycles. The van der Waals surface area contributed by atoms with Gasteiger partial charge in [-0.25, -0.2) is 4.98 Å². The number of thiophene rings is 1. The van der Waals surface area contributed by atoms with Crippen molar-refractivity contribution in [2.45, 2.75) is 32.4 Å². The van der Waals surface area contributed by atoms with Crippen LogP contribution >= 0.6 is 22.7 Å². The zero-order valence-corrected chi connectivity index (χ0v) is 14.4. The first-order chi connectivity index (χ1) is 11.2. The molecule has 0 aliphatic carbocycles. The molecule has 1 saturated heterocycles. The third-order valence-electron chi connectivity index (χ3n) is 3.85. The summed E-state index contributed by atoms with van der Waals surface area (Å²) in [5, 5.41) is 2.94. The van der Waals surface area contributed by atoms with Crippen LogP contribution in [0.5, 0.6) is 0 Å². The van der Waals surface area contributed by atoms with Gasteiger partial charge < -0.3 is 10.1 Å². The first-order valence-corrected chi connectivity index (χ1v) is 9.26. The number of fused-ring (bicyclic) bond motifs is 1. The Bertz CT molecular complexity index is 811. The van der Waals surface area contributed by atoms with Gasteiger partial charge in [-0.05, 0) is 31.9 Å². The van der Waals surface area contributed by atoms with E-state index >= 15 is 0 Å². The lowest BCUT2D eigenvalue weighted by molar-refractivity contribution is 0.0954. The highest BCUT2D eigenvalue weighted by Crippen LogP contribution is 2.33. The first kappa shape index (κ1) is 14.9. The van der Waals surface area contributed by atoms with E-state index in [4.69, 9.17) is 4.74 Å². The number of amides is 1. The predicted molar refractivity (Wildman–Crippen MR) is 91.2 cm³/mol. The van der Waals surface area contributed by atoms with Gasteiger partial charge in [0.15, 0.2) is 4.96 Å². The lowest BCUT2D eigenvalue weighted by Crippen LogP contribution is -2.21. The summed E-state index contributed by atoms with van der Waals surface area (Å²) in [5.74, 6) is -0.0493. The van der Waals surface area contributed by atoms with Crippen molar-refractivity contribution in [2.24, 2.45) is 0 Å². The summed E-state index contributed by atoms with van der Waals surface area (Å²) in [4.78, 5) is 20.9. The van der Waals surface area contributed by atoms with Crippen LogP contribution in [0.1, 0.15) is 44.1 Å². The van der Waals surface area contributed by atoms with Gasteiger partial charge in [-0.15, -0.1) is 22.7 Å². The van der Waals surface area contributed by atoms with Gasteiger partial charge in [0.2, 0.25) is 0 Å². The van der Waals surface area contributed by atoms with E-state index in [0.717, 1.165) is 39.9 Å². The zero-order chi connectivity index (χ0) is 15.8. The van der Waals surface area contributed by atoms with Crippen LogP contribution in [-0.2, 0) is 11.3 Å². The Kier molecular flexibility index (Phi) is 3.92. The van der Waals surface area contributed by atoms with E-state index in [1.807, 2.05) is 28.9 Å². The molecule has 4 rings (SSSR count). The number of thiazole rings is 1. The van der Waals surface area contributed by atoms with E-state index in [1.165, 1.54) is 16.2 Å². The van der Waals surface area contributed by atoms with Crippen LogP contribution in [0, 0.1) is 6.92 Å². The smallest absolute Gasteiger partial charge is 0.261 e. The minimum atomic E-state index is -0.0493. The molecule has 23 heavy (non-hydrogen) atoms. The molecular weight excluding hydrogens is 330 g/mol. The molecular formula is C16H17N3O2S2. The van der Waals surface area contributed by atoms with Crippen molar-refractivity contribution < 1.29 is 9.53 Å². The molecule has 1 unspecified atom stereocenters. The molecule has 0 bridgehead atoms. The third kappa shape index (κ3) is 3.04. The largest absolute Gasteiger partial charge is 0.373 e. The number of carbonyl (C=O) groups is 1. The second-order valence-electron chi connectivity index (χ2n) is 5.65. The summed E-state index contributed by atoms with van der Waals surface area (Å²) >= 11 is 3.17. The third-order valence-corrected chi connectivity index (χ3v) is 5.94. The van der Waals surface area contributed by atoms with Crippen LogP contribution in [0.15, 0.2) is 24.5 Å². The van der Waals surface area contributed by atoms with E-state index in [9.17, 15) is 4.79 Å². The quantitative estimate of drug-likeness (QED) is 0.785. The molecule has 0 aromatic carbocycles. The van der Waals surface area contributed by atoms with Crippen LogP contribution in [0.3, 0.4) is 0 Å². The fraction of sp³-hybridized carbons (Fsp3) is 0.375. The summed E-state index contributed by atoms with van der Waals surface area (Å²) in [6.07, 6.45) is 6.33. The second kappa shape index (κ2) is 6.07. The highest BCUT2D eigenvalue weighted by molar-refractivity contribution is 7.17. The summed E-state index contributed by atoms with van der Waals surface area (Å²) < 4.78 is 7.67. The second-order valence-corrected chi connectivity index (χ2v) is 7.98. The number of aryl methyl sites for hydroxylation is 1. The van der Waals surface area contributed by atoms with Crippen LogP contribution in [0.4, 0.5) is 0 Å². The molecule has 0 radical (unpaired) electrons. The van der Waals surface area contributed by atoms with Crippen LogP contribution < -0.4 is 5.32 Å². The summed E-state index contributed by atoms with van der Waals surface area (Å²) in [6.45, 7) is 3.32. The molecule has 1 aliphatic rings. The average molecular weight is 347 g/mol. The number of nitrogens with zero attached hydrogens (tertiary/aromatic N) is 2. The molecule has 7 heteroatoms. The molecule has 3 aromatic rings. The molecule has 1 N–H and O–H groups in total. The highest BCUT2D eigenvalue weighted by Gasteiger charge is 2.20. The van der Waals surface area contributed by atoms with Crippen molar-refractivity contribution in [2.75, 3.05) is 6.61 Å². The number of rotatable bonds is 4. The van der Waals surface area contributed by atoms with Gasteiger partial charge in [-0.1, -0.05) is 0 Å². The van der Waals surface area contributed by atoms with Gasteiger partial charge in [-0.3, -0.25) is 9.20 Å². The van der Waals surface area contributed by atoms with Crippen molar-refractivity contribution >= 4 is 33.5 Å². The Hall–Kier alpha value is -1.70. The SMILES string of the molecule is Cc1cn2cc(CNC(=O)c3ccc(C4CCCO4)s3)nc2s1. The number of carbonyl (C=O) groups excluding carboxylic acids is 1. The van der Waals surface area contributed by atoms with Crippen molar-refractivity contribution in [3.63, 3.8) is 0 Å². The van der Waals surface area contributed by atoms with Gasteiger partial charge in [0.25, 0.3) is 5.91 Å². The molecule has 0 saturated carbocycles. The normalized spacial score (nSPS) is 17.9. The van der Waals surface area contributed by atoms with Crippen LogP contribution in [0.2, 0.25) is 0 Å². The summed E-state index contributed by atoms with van der Waals surface area (Å²) in [5.41, 5.74) is 0.875. The number of nitrogens with one attached hydrogen (secondary N) is 1. The maximum atomic E-state index is 12.3. The maximum absolute atomic E-state index is 12.3. The van der Waals surface area contributed by atoms with Crippen molar-refractivity contribution in [1.29, 1.82) is 0 Å². The molecule has 0 spiro atoms. The minimum Gasteiger partial charge on any atom is -0.373 e. The predicted octanol–water partition coefficient (Wildman–Crippen LogP) is 3.55. The standard InChI is InChI=1S/C16H17N3O2S2/c1-10-8-19-9-11(18-16(19)22-10)7-17-15(20)14-5-4-13(23-14)12-3-2-6-21-12/h4-5,8-9,12H,2-3,6-7H2,1H3,(H,17,20). The van der Waals surface area contributed by atoms with Crippen molar-refractivity contribution in [3.8, 4) is 0 Å². The molecule has 1 aliphatic heterocycles. The molecule has 4 heterocycles. The number of imidazole rings is 1. The van der Waals surface area contributed by atoms with Crippen LogP contribution in [0.25, 0.3) is 4.96 Å². The lowest BCUT2D eigenvalue weighted by atomic mass is 10.2. The van der Waals surface area contributed by atoms with Crippen molar-refractivity contribution in [1.82, 2.24) is 14.7 Å². The Morgan fingerprint density at radius 2 is 2.35 bits per heavy atom. The molecule has 120 valence electrons. The molecule has 1 fully saturated rings. The fourth-order valence-electron chi connectivity index (χ4n) is 2.75. The summed E-state index contributed by atoms with van der Waals surface area (Å²) in [7, 11) is 0. The Morgan fingerprint density at radius 1 is 1.43 bits per heavy atom. The maximum Gasteiger partial charge on any atom is 0.261 e. The number of hydrogen-bond donors (Lipinski definition) is 1. The van der Waals surface area contributed by atoms with Crippen LogP contribution in [-0.4, -0.2) is 21.9 Å². The van der Waals surface area contributed by atoms with Gasteiger partial charge in [0.1, 0.15) is 0 Å². The van der Waals surface area contributed by atoms with E-state index in [2.05, 4.69) is 17.2 Å². The summed E-state index contributed by atoms with van der Waals surface area (Å²) in [6, 6.07) is 3.89. The van der Waals surface area contributed by atoms with Gasteiger partial charge in [0, 0.05) is 28.8 Å². The van der Waals surface area contributed by atoms with E-state index in [-0.39, 0.29) is 12.0 Å². The Morgan fingerprint density at radius 3 is 3.13 bits per heavy atom. The average Bonchev–Trinajstić information content (AvgIpc) is 3.27. The fourth-order valence-corrected chi connectivity index (χ4v) is 4.59. The minimum absolute atomic E-state index is 0.0493.